The van der Waals surface area contributed by atoms with E-state index >= 15 is 0 Å². The normalized spacial score (nSPS) is 17.9. The Kier molecular flexibility index (Phi) is 9.68. The highest BCUT2D eigenvalue weighted by molar-refractivity contribution is 5.87. The van der Waals surface area contributed by atoms with Gasteiger partial charge in [-0.1, -0.05) is 116 Å². The van der Waals surface area contributed by atoms with Crippen LogP contribution in [0.2, 0.25) is 0 Å². The summed E-state index contributed by atoms with van der Waals surface area (Å²) in [6, 6.07) is 32.0. The Hall–Kier alpha value is -5.28. The molecule has 4 aromatic rings. The van der Waals surface area contributed by atoms with Crippen LogP contribution >= 0.6 is 0 Å². The molecule has 0 saturated carbocycles. The predicted octanol–water partition coefficient (Wildman–Crippen LogP) is 11.7. The van der Waals surface area contributed by atoms with Gasteiger partial charge in [0.1, 0.15) is 11.5 Å². The number of allylic oxidation sites excluding steroid dienone is 10. The highest BCUT2D eigenvalue weighted by Gasteiger charge is 2.45. The molecule has 1 aliphatic carbocycles. The summed E-state index contributed by atoms with van der Waals surface area (Å²) in [5, 5.41) is 0. The van der Waals surface area contributed by atoms with Crippen molar-refractivity contribution < 1.29 is 4.74 Å². The Bertz CT molecular complexity index is 1990. The summed E-state index contributed by atoms with van der Waals surface area (Å²) >= 11 is 0. The molecule has 0 saturated heterocycles. The van der Waals surface area contributed by atoms with Crippen LogP contribution in [0.3, 0.4) is 0 Å². The third-order valence-corrected chi connectivity index (χ3v) is 9.74. The predicted molar refractivity (Wildman–Crippen MR) is 206 cm³/mol. The molecule has 1 atom stereocenters. The molecule has 48 heavy (non-hydrogen) atoms. The minimum Gasteiger partial charge on any atom is -0.457 e. The Labute approximate surface area is 286 Å². The van der Waals surface area contributed by atoms with E-state index in [4.69, 9.17) is 10.5 Å². The van der Waals surface area contributed by atoms with Crippen LogP contribution in [0.15, 0.2) is 150 Å². The van der Waals surface area contributed by atoms with Crippen molar-refractivity contribution >= 4 is 28.7 Å². The molecule has 3 nitrogen and oxygen atoms in total. The summed E-state index contributed by atoms with van der Waals surface area (Å²) < 4.78 is 6.80. The first-order chi connectivity index (χ1) is 23.4. The summed E-state index contributed by atoms with van der Waals surface area (Å²) in [6.07, 6.45) is 20.7. The molecule has 0 bridgehead atoms. The largest absolute Gasteiger partial charge is 0.457 e. The van der Waals surface area contributed by atoms with E-state index in [0.717, 1.165) is 53.2 Å². The van der Waals surface area contributed by atoms with Crippen LogP contribution in [0.4, 0.5) is 17.1 Å². The Morgan fingerprint density at radius 2 is 1.71 bits per heavy atom. The highest BCUT2D eigenvalue weighted by Crippen LogP contribution is 2.54. The van der Waals surface area contributed by atoms with E-state index in [9.17, 15) is 0 Å². The third-order valence-electron chi connectivity index (χ3n) is 9.74. The van der Waals surface area contributed by atoms with Gasteiger partial charge in [0, 0.05) is 35.6 Å². The molecule has 4 aromatic carbocycles. The van der Waals surface area contributed by atoms with Gasteiger partial charge in [-0.05, 0) is 98.2 Å². The van der Waals surface area contributed by atoms with E-state index in [-0.39, 0.29) is 0 Å². The van der Waals surface area contributed by atoms with E-state index in [1.165, 1.54) is 33.5 Å². The molecular weight excluding hydrogens is 585 g/mol. The lowest BCUT2D eigenvalue weighted by Crippen LogP contribution is -2.36. The fourth-order valence-electron chi connectivity index (χ4n) is 7.31. The molecule has 0 radical (unpaired) electrons. The first-order valence-electron chi connectivity index (χ1n) is 17.0. The molecule has 3 heteroatoms. The van der Waals surface area contributed by atoms with Crippen LogP contribution in [0.1, 0.15) is 67.9 Å². The fourth-order valence-corrected chi connectivity index (χ4v) is 7.31. The van der Waals surface area contributed by atoms with Gasteiger partial charge in [0.15, 0.2) is 0 Å². The van der Waals surface area contributed by atoms with Crippen LogP contribution in [0, 0.1) is 6.92 Å². The molecule has 0 spiro atoms. The molecular formula is C45H46N2O. The molecule has 1 aliphatic heterocycles. The summed E-state index contributed by atoms with van der Waals surface area (Å²) in [5.41, 5.74) is 18.5. The average Bonchev–Trinajstić information content (AvgIpc) is 3.11. The number of para-hydroxylation sites is 2. The van der Waals surface area contributed by atoms with Gasteiger partial charge in [0.25, 0.3) is 0 Å². The zero-order valence-corrected chi connectivity index (χ0v) is 28.8. The van der Waals surface area contributed by atoms with Crippen molar-refractivity contribution in [2.45, 2.75) is 52.4 Å². The number of nitrogens with two attached hydrogens (primary N) is 1. The van der Waals surface area contributed by atoms with Gasteiger partial charge in [-0.15, -0.1) is 0 Å². The molecule has 6 rings (SSSR count). The first-order valence-corrected chi connectivity index (χ1v) is 17.0. The maximum absolute atomic E-state index is 6.80. The quantitative estimate of drug-likeness (QED) is 0.148. The van der Waals surface area contributed by atoms with Crippen molar-refractivity contribution in [3.8, 4) is 5.75 Å². The van der Waals surface area contributed by atoms with Gasteiger partial charge >= 0.3 is 0 Å². The van der Waals surface area contributed by atoms with E-state index in [1.54, 1.807) is 0 Å². The van der Waals surface area contributed by atoms with Gasteiger partial charge in [0.05, 0.1) is 11.1 Å². The van der Waals surface area contributed by atoms with Crippen LogP contribution in [0.25, 0.3) is 11.6 Å². The summed E-state index contributed by atoms with van der Waals surface area (Å²) in [6.45, 7) is 8.83. The van der Waals surface area contributed by atoms with Gasteiger partial charge in [-0.25, -0.2) is 0 Å². The highest BCUT2D eigenvalue weighted by atomic mass is 16.5. The van der Waals surface area contributed by atoms with Gasteiger partial charge in [-0.2, -0.15) is 0 Å². The SMILES string of the molecule is CC/C=C\C=C(/C)C1(c2ccccc2C)C(C)=C(/C=C\c2cccc(C3=CC=CCC3)c2N(C)c2ccccc2)Oc2cc(N)ccc21. The number of anilines is 3. The maximum Gasteiger partial charge on any atom is 0.134 e. The lowest BCUT2D eigenvalue weighted by molar-refractivity contribution is 0.396. The number of rotatable bonds is 9. The maximum atomic E-state index is 6.80. The number of nitrogen functional groups attached to an aromatic ring is 1. The van der Waals surface area contributed by atoms with Crippen LogP contribution < -0.4 is 15.4 Å². The molecule has 242 valence electrons. The standard InChI is InChI=1S/C45H46N2O/c1-6-7-10-19-33(3)45(40-26-16-15-18-32(40)2)34(4)42(48-43-31-37(46)28-29-41(43)45)30-27-36-22-17-25-39(35-20-11-8-12-21-35)44(36)47(5)38-23-13-9-14-24-38/h7-11,13-20,22-31H,6,12,21,46H2,1-5H3/b10-7-,30-27-,33-19+. The Morgan fingerprint density at radius 3 is 2.46 bits per heavy atom. The summed E-state index contributed by atoms with van der Waals surface area (Å²) in [5.74, 6) is 1.60. The lowest BCUT2D eigenvalue weighted by atomic mass is 9.62. The summed E-state index contributed by atoms with van der Waals surface area (Å²) in [7, 11) is 2.16. The second-order valence-corrected chi connectivity index (χ2v) is 12.7. The van der Waals surface area contributed by atoms with Crippen molar-refractivity contribution in [1.82, 2.24) is 0 Å². The van der Waals surface area contributed by atoms with Crippen LogP contribution in [0.5, 0.6) is 5.75 Å². The van der Waals surface area contributed by atoms with Crippen LogP contribution in [-0.4, -0.2) is 7.05 Å². The number of benzene rings is 4. The van der Waals surface area contributed by atoms with Crippen molar-refractivity contribution in [2.24, 2.45) is 0 Å². The van der Waals surface area contributed by atoms with E-state index in [2.05, 4.69) is 167 Å². The number of fused-ring (bicyclic) bond motifs is 1. The zero-order chi connectivity index (χ0) is 33.7. The number of aryl methyl sites for hydroxylation is 1. The second kappa shape index (κ2) is 14.2. The van der Waals surface area contributed by atoms with Crippen molar-refractivity contribution in [3.63, 3.8) is 0 Å². The molecule has 2 aliphatic rings. The summed E-state index contributed by atoms with van der Waals surface area (Å²) in [4.78, 5) is 2.30. The molecule has 0 aromatic heterocycles. The molecule has 2 N–H and O–H groups in total. The molecule has 0 amide bonds. The lowest BCUT2D eigenvalue weighted by Gasteiger charge is -2.43. The average molecular weight is 631 g/mol. The number of nitrogens with zero attached hydrogens (tertiary/aromatic N) is 1. The van der Waals surface area contributed by atoms with Crippen molar-refractivity contribution in [3.05, 3.63) is 178 Å². The molecule has 1 heterocycles. The Balaban J connectivity index is 1.58. The smallest absolute Gasteiger partial charge is 0.134 e. The Morgan fingerprint density at radius 1 is 0.917 bits per heavy atom. The van der Waals surface area contributed by atoms with Crippen molar-refractivity contribution in [2.75, 3.05) is 17.7 Å². The zero-order valence-electron chi connectivity index (χ0n) is 28.8. The molecule has 1 unspecified atom stereocenters. The van der Waals surface area contributed by atoms with Crippen molar-refractivity contribution in [1.29, 1.82) is 0 Å². The van der Waals surface area contributed by atoms with Gasteiger partial charge in [0.2, 0.25) is 0 Å². The van der Waals surface area contributed by atoms with Gasteiger partial charge in [-0.3, -0.25) is 0 Å². The number of hydrogen-bond donors (Lipinski definition) is 1. The van der Waals surface area contributed by atoms with E-state index < -0.39 is 5.41 Å². The topological polar surface area (TPSA) is 38.5 Å². The monoisotopic (exact) mass is 630 g/mol. The van der Waals surface area contributed by atoms with E-state index in [0.29, 0.717) is 5.69 Å². The first kappa shape index (κ1) is 32.7. The minimum absolute atomic E-state index is 0.546. The van der Waals surface area contributed by atoms with Gasteiger partial charge < -0.3 is 15.4 Å². The van der Waals surface area contributed by atoms with Crippen LogP contribution in [-0.2, 0) is 5.41 Å². The number of hydrogen-bond acceptors (Lipinski definition) is 3. The van der Waals surface area contributed by atoms with E-state index in [1.807, 2.05) is 12.1 Å². The molecule has 0 fully saturated rings. The minimum atomic E-state index is -0.546. The fraction of sp³-hybridized carbons (Fsp3) is 0.200. The second-order valence-electron chi connectivity index (χ2n) is 12.7. The number of ether oxygens (including phenoxy) is 1. The third kappa shape index (κ3) is 6.09.